The summed E-state index contributed by atoms with van der Waals surface area (Å²) in [6.45, 7) is 16.7. The molecule has 5 rings (SSSR count). The summed E-state index contributed by atoms with van der Waals surface area (Å²) in [4.78, 5) is 40.1. The Bertz CT molecular complexity index is 2240. The largest absolute Gasteiger partial charge is 0.505 e. The van der Waals surface area contributed by atoms with Gasteiger partial charge in [0.05, 0.1) is 47.5 Å². The number of halogens is 2. The molecular formula is C51H70Cl2O18. The lowest BCUT2D eigenvalue weighted by atomic mass is 9.89. The summed E-state index contributed by atoms with van der Waals surface area (Å²) in [5.74, 6) is -5.77. The highest BCUT2D eigenvalue weighted by Crippen LogP contribution is 2.49. The zero-order chi connectivity index (χ0) is 52.8. The third-order valence-corrected chi connectivity index (χ3v) is 13.8. The molecule has 4 heterocycles. The summed E-state index contributed by atoms with van der Waals surface area (Å²) < 4.78 is 53.4. The first-order valence-electron chi connectivity index (χ1n) is 23.9. The highest BCUT2D eigenvalue weighted by molar-refractivity contribution is 6.39. The Hall–Kier alpha value is -3.89. The SMILES string of the molecule is CCc1c(Cl)c(O)c(Cl)c(O)c1C(=O)OC1C(C)OC(OC/C2=C\C=C\CC(O)/C(C)=C/C(CC)C(OC3OC4(C)OC4C(OC(=O)C(C)C)C3O)/C(C)=C/C(C)=C/CC(C(C)O)OC2=O)C(OC)C1O. The van der Waals surface area contributed by atoms with Gasteiger partial charge >= 0.3 is 17.9 Å². The Morgan fingerprint density at radius 1 is 0.915 bits per heavy atom. The molecule has 0 radical (unpaired) electrons. The molecule has 20 heteroatoms. The molecule has 4 aliphatic rings. The molecule has 0 spiro atoms. The Morgan fingerprint density at radius 3 is 2.23 bits per heavy atom. The Labute approximate surface area is 424 Å². The number of aliphatic hydroxyl groups excluding tert-OH is 4. The van der Waals surface area contributed by atoms with Gasteiger partial charge in [0.2, 0.25) is 0 Å². The molecular weight excluding hydrogens is 971 g/mol. The van der Waals surface area contributed by atoms with Crippen LogP contribution in [0.15, 0.2) is 58.7 Å². The highest BCUT2D eigenvalue weighted by atomic mass is 35.5. The fraction of sp³-hybridized carbons (Fsp3) is 0.627. The first-order chi connectivity index (χ1) is 33.4. The number of aromatic hydroxyl groups is 2. The maximum Gasteiger partial charge on any atom is 0.342 e. The van der Waals surface area contributed by atoms with Gasteiger partial charge in [-0.3, -0.25) is 4.79 Å². The van der Waals surface area contributed by atoms with Gasteiger partial charge in [0.25, 0.3) is 0 Å². The monoisotopic (exact) mass is 1040 g/mol. The molecule has 1 aromatic rings. The topological polar surface area (TPSA) is 259 Å². The molecule has 1 aromatic carbocycles. The van der Waals surface area contributed by atoms with Crippen molar-refractivity contribution in [3.05, 3.63) is 79.9 Å². The van der Waals surface area contributed by atoms with Crippen LogP contribution in [0.2, 0.25) is 10.0 Å². The van der Waals surface area contributed by atoms with Crippen LogP contribution in [0, 0.1) is 11.8 Å². The number of aliphatic hydroxyl groups is 4. The van der Waals surface area contributed by atoms with E-state index in [9.17, 15) is 45.0 Å². The Morgan fingerprint density at radius 2 is 1.61 bits per heavy atom. The molecule has 4 aliphatic heterocycles. The van der Waals surface area contributed by atoms with Crippen molar-refractivity contribution >= 4 is 41.1 Å². The van der Waals surface area contributed by atoms with Crippen molar-refractivity contribution < 1.29 is 87.7 Å². The number of rotatable bonds is 13. The standard InChI is InChI=1S/C51H70Cl2O18/c1-12-29-21-25(6)32(55)17-15-14-16-30(22-64-50-44(63-11)39(58)42(28(9)65-50)67-48(62)34-31(13-2)35(52)38(57)36(53)37(34)56)47(61)66-33(27(8)54)19-18-24(5)20-26(7)41(29)69-49-40(59)43(68-46(60)23(3)4)45-51(10,70-45)71-49/h14-16,18,20-21,23,27-29,32-33,39-45,49-50,54-59H,12-13,17,19,22H2,1-11H3/b15-14+,24-18+,25-21+,26-20+,30-16+. The van der Waals surface area contributed by atoms with E-state index in [1.807, 2.05) is 32.9 Å². The van der Waals surface area contributed by atoms with Crippen molar-refractivity contribution in [2.45, 2.75) is 180 Å². The molecule has 15 atom stereocenters. The van der Waals surface area contributed by atoms with Crippen LogP contribution in [0.3, 0.4) is 0 Å². The predicted octanol–water partition coefficient (Wildman–Crippen LogP) is 6.21. The lowest BCUT2D eigenvalue weighted by molar-refractivity contribution is -0.295. The number of hydrogen-bond acceptors (Lipinski definition) is 18. The average molecular weight is 1040 g/mol. The number of hydrogen-bond donors (Lipinski definition) is 6. The van der Waals surface area contributed by atoms with Gasteiger partial charge in [0.1, 0.15) is 35.0 Å². The van der Waals surface area contributed by atoms with E-state index in [1.165, 1.54) is 27.0 Å². The zero-order valence-electron chi connectivity index (χ0n) is 42.0. The number of esters is 3. The van der Waals surface area contributed by atoms with Crippen LogP contribution >= 0.6 is 23.2 Å². The molecule has 0 bridgehead atoms. The summed E-state index contributed by atoms with van der Waals surface area (Å²) in [6, 6.07) is 0. The molecule has 0 aliphatic carbocycles. The van der Waals surface area contributed by atoms with Crippen molar-refractivity contribution in [3.63, 3.8) is 0 Å². The minimum atomic E-state index is -1.57. The van der Waals surface area contributed by atoms with Crippen molar-refractivity contribution in [2.24, 2.45) is 11.8 Å². The average Bonchev–Trinajstić information content (AvgIpc) is 4.00. The van der Waals surface area contributed by atoms with Crippen molar-refractivity contribution in [1.29, 1.82) is 0 Å². The lowest BCUT2D eigenvalue weighted by Crippen LogP contribution is -2.59. The minimum absolute atomic E-state index is 0.0276. The normalized spacial score (nSPS) is 36.9. The summed E-state index contributed by atoms with van der Waals surface area (Å²) in [5.41, 5.74) is 1.69. The van der Waals surface area contributed by atoms with E-state index >= 15 is 0 Å². The van der Waals surface area contributed by atoms with Gasteiger partial charge < -0.3 is 73.3 Å². The van der Waals surface area contributed by atoms with Crippen molar-refractivity contribution in [2.75, 3.05) is 13.7 Å². The molecule has 15 unspecified atom stereocenters. The van der Waals surface area contributed by atoms with E-state index in [0.717, 1.165) is 5.57 Å². The summed E-state index contributed by atoms with van der Waals surface area (Å²) in [7, 11) is 1.27. The number of ether oxygens (including phenoxy) is 9. The molecule has 6 N–H and O–H groups in total. The van der Waals surface area contributed by atoms with Crippen LogP contribution in [-0.4, -0.2) is 148 Å². The number of fused-ring (bicyclic) bond motifs is 1. The van der Waals surface area contributed by atoms with E-state index < -0.39 is 138 Å². The van der Waals surface area contributed by atoms with E-state index in [-0.39, 0.29) is 41.3 Å². The van der Waals surface area contributed by atoms with Crippen LogP contribution in [0.5, 0.6) is 11.5 Å². The van der Waals surface area contributed by atoms with Gasteiger partial charge in [-0.05, 0) is 83.6 Å². The number of phenols is 2. The fourth-order valence-corrected chi connectivity index (χ4v) is 9.22. The molecule has 71 heavy (non-hydrogen) atoms. The van der Waals surface area contributed by atoms with E-state index in [1.54, 1.807) is 52.8 Å². The molecule has 0 aromatic heterocycles. The molecule has 0 saturated carbocycles. The van der Waals surface area contributed by atoms with E-state index in [0.29, 0.717) is 17.6 Å². The smallest absolute Gasteiger partial charge is 0.342 e. The summed E-state index contributed by atoms with van der Waals surface area (Å²) >= 11 is 12.3. The fourth-order valence-electron chi connectivity index (χ4n) is 8.66. The zero-order valence-corrected chi connectivity index (χ0v) is 43.5. The second-order valence-electron chi connectivity index (χ2n) is 18.9. The van der Waals surface area contributed by atoms with Crippen molar-refractivity contribution in [1.82, 2.24) is 0 Å². The number of benzene rings is 1. The van der Waals surface area contributed by atoms with Gasteiger partial charge in [-0.1, -0.05) is 86.9 Å². The third-order valence-electron chi connectivity index (χ3n) is 13.0. The van der Waals surface area contributed by atoms with Crippen LogP contribution in [0.4, 0.5) is 0 Å². The van der Waals surface area contributed by atoms with Crippen LogP contribution in [-0.2, 0) is 58.6 Å². The predicted molar refractivity (Wildman–Crippen MR) is 258 cm³/mol. The Balaban J connectivity index is 1.38. The number of phenolic OH excluding ortho intramolecular Hbond substituents is 2. The van der Waals surface area contributed by atoms with Crippen LogP contribution in [0.1, 0.15) is 104 Å². The second-order valence-corrected chi connectivity index (χ2v) is 19.6. The summed E-state index contributed by atoms with van der Waals surface area (Å²) in [6.07, 6.45) is -3.81. The minimum Gasteiger partial charge on any atom is -0.505 e. The maximum atomic E-state index is 13.9. The first kappa shape index (κ1) is 58.0. The number of epoxide rings is 1. The van der Waals surface area contributed by atoms with E-state index in [4.69, 9.17) is 65.8 Å². The van der Waals surface area contributed by atoms with Crippen LogP contribution < -0.4 is 0 Å². The highest BCUT2D eigenvalue weighted by Gasteiger charge is 2.68. The molecule has 18 nitrogen and oxygen atoms in total. The second kappa shape index (κ2) is 24.9. The van der Waals surface area contributed by atoms with Crippen molar-refractivity contribution in [3.8, 4) is 11.5 Å². The molecule has 0 amide bonds. The lowest BCUT2D eigenvalue weighted by Gasteiger charge is -2.42. The van der Waals surface area contributed by atoms with Gasteiger partial charge in [0, 0.05) is 19.4 Å². The molecule has 3 saturated heterocycles. The van der Waals surface area contributed by atoms with E-state index in [2.05, 4.69) is 0 Å². The number of carbonyl (C=O) groups is 3. The number of methoxy groups -OCH3 is 1. The van der Waals surface area contributed by atoms with Gasteiger partial charge in [-0.2, -0.15) is 0 Å². The quantitative estimate of drug-likeness (QED) is 0.0555. The molecule has 396 valence electrons. The van der Waals surface area contributed by atoms with Gasteiger partial charge in [-0.15, -0.1) is 0 Å². The Kier molecular flexibility index (Phi) is 20.3. The molecule has 3 fully saturated rings. The third kappa shape index (κ3) is 13.6. The number of cyclic esters (lactones) is 1. The summed E-state index contributed by atoms with van der Waals surface area (Å²) in [5, 5.41) is 65.4. The van der Waals surface area contributed by atoms with Gasteiger partial charge in [-0.25, -0.2) is 9.59 Å². The number of carbonyl (C=O) groups excluding carboxylic acids is 3. The van der Waals surface area contributed by atoms with Crippen LogP contribution in [0.25, 0.3) is 0 Å². The first-order valence-corrected chi connectivity index (χ1v) is 24.6. The number of allylic oxidation sites excluding steroid dienone is 4. The van der Waals surface area contributed by atoms with Gasteiger partial charge in [0.15, 0.2) is 48.2 Å². The maximum absolute atomic E-state index is 13.9.